The van der Waals surface area contributed by atoms with Gasteiger partial charge in [-0.25, -0.2) is 5.84 Å². The van der Waals surface area contributed by atoms with Crippen molar-refractivity contribution in [2.75, 3.05) is 0 Å². The van der Waals surface area contributed by atoms with Gasteiger partial charge in [0, 0.05) is 0 Å². The first-order valence-corrected chi connectivity index (χ1v) is 7.03. The van der Waals surface area contributed by atoms with Crippen LogP contribution in [0.25, 0.3) is 0 Å². The average Bonchev–Trinajstić information content (AvgIpc) is 2.35. The number of amides is 1. The van der Waals surface area contributed by atoms with E-state index in [9.17, 15) is 9.90 Å². The summed E-state index contributed by atoms with van der Waals surface area (Å²) in [5.74, 6) is 4.85. The van der Waals surface area contributed by atoms with Crippen molar-refractivity contribution in [2.45, 2.75) is 26.2 Å². The average molecular weight is 306 g/mol. The highest BCUT2D eigenvalue weighted by Gasteiger charge is 2.12. The van der Waals surface area contributed by atoms with Gasteiger partial charge in [0.05, 0.1) is 5.56 Å². The molecule has 0 aliphatic carbocycles. The summed E-state index contributed by atoms with van der Waals surface area (Å²) in [6.07, 6.45) is 0.981. The summed E-state index contributed by atoms with van der Waals surface area (Å²) < 4.78 is 31.6. The highest BCUT2D eigenvalue weighted by molar-refractivity contribution is 7.79. The molecule has 0 aliphatic heterocycles. The molecular formula is C11H18N2O6S. The Morgan fingerprint density at radius 2 is 1.90 bits per heavy atom. The van der Waals surface area contributed by atoms with E-state index in [1.807, 2.05) is 11.5 Å². The van der Waals surface area contributed by atoms with E-state index in [0.717, 1.165) is 12.0 Å². The highest BCUT2D eigenvalue weighted by atomic mass is 32.3. The van der Waals surface area contributed by atoms with Gasteiger partial charge in [0.1, 0.15) is 5.75 Å². The summed E-state index contributed by atoms with van der Waals surface area (Å²) in [6, 6.07) is 5.01. The minimum absolute atomic E-state index is 0.0509. The Bertz CT molecular complexity index is 550. The van der Waals surface area contributed by atoms with Crippen LogP contribution < -0.4 is 11.3 Å². The van der Waals surface area contributed by atoms with Gasteiger partial charge in [-0.2, -0.15) is 8.42 Å². The lowest BCUT2D eigenvalue weighted by Crippen LogP contribution is -2.30. The summed E-state index contributed by atoms with van der Waals surface area (Å²) >= 11 is 0. The molecule has 1 amide bonds. The summed E-state index contributed by atoms with van der Waals surface area (Å²) in [6.45, 7) is 4.14. The Balaban J connectivity index is 0.000000621. The number of nitrogens with one attached hydrogen (secondary N) is 1. The molecule has 0 heterocycles. The van der Waals surface area contributed by atoms with Gasteiger partial charge in [-0.3, -0.25) is 19.3 Å². The van der Waals surface area contributed by atoms with Crippen LogP contribution in [0.4, 0.5) is 0 Å². The SMILES string of the molecule is CCC(C)c1ccc(O)c(C(=O)NN)c1.O=S(=O)(O)O. The first-order valence-electron chi connectivity index (χ1n) is 5.63. The number of nitrogens with two attached hydrogens (primary N) is 1. The summed E-state index contributed by atoms with van der Waals surface area (Å²) in [5.41, 5.74) is 3.25. The second-order valence-electron chi connectivity index (χ2n) is 4.01. The third-order valence-corrected chi connectivity index (χ3v) is 2.58. The van der Waals surface area contributed by atoms with Crippen molar-refractivity contribution in [3.05, 3.63) is 29.3 Å². The second-order valence-corrected chi connectivity index (χ2v) is 4.90. The third-order valence-electron chi connectivity index (χ3n) is 2.58. The van der Waals surface area contributed by atoms with Crippen molar-refractivity contribution in [1.82, 2.24) is 5.43 Å². The lowest BCUT2D eigenvalue weighted by Gasteiger charge is -2.11. The van der Waals surface area contributed by atoms with Crippen molar-refractivity contribution in [3.8, 4) is 5.75 Å². The Morgan fingerprint density at radius 1 is 1.40 bits per heavy atom. The smallest absolute Gasteiger partial charge is 0.394 e. The lowest BCUT2D eigenvalue weighted by atomic mass is 9.96. The van der Waals surface area contributed by atoms with E-state index in [-0.39, 0.29) is 11.3 Å². The number of hydrazine groups is 1. The third kappa shape index (κ3) is 7.04. The maximum absolute atomic E-state index is 11.3. The van der Waals surface area contributed by atoms with E-state index in [1.165, 1.54) is 6.07 Å². The molecular weight excluding hydrogens is 288 g/mol. The van der Waals surface area contributed by atoms with Gasteiger partial charge >= 0.3 is 10.4 Å². The number of aromatic hydroxyl groups is 1. The Morgan fingerprint density at radius 3 is 2.30 bits per heavy atom. The Kier molecular flexibility index (Phi) is 7.14. The quantitative estimate of drug-likeness (QED) is 0.240. The summed E-state index contributed by atoms with van der Waals surface area (Å²) in [7, 11) is -4.67. The molecule has 1 aromatic carbocycles. The fraction of sp³-hybridized carbons (Fsp3) is 0.364. The Labute approximate surface area is 117 Å². The molecule has 8 nitrogen and oxygen atoms in total. The van der Waals surface area contributed by atoms with Crippen molar-refractivity contribution in [1.29, 1.82) is 0 Å². The molecule has 0 aromatic heterocycles. The molecule has 0 fully saturated rings. The zero-order chi connectivity index (χ0) is 15.9. The van der Waals surface area contributed by atoms with Crippen LogP contribution in [0.3, 0.4) is 0 Å². The molecule has 0 spiro atoms. The standard InChI is InChI=1S/C11H16N2O2.H2O4S/c1-3-7(2)8-4-5-10(14)9(6-8)11(15)13-12;1-5(2,3)4/h4-7,14H,3,12H2,1-2H3,(H,13,15);(H2,1,2,3,4). The largest absolute Gasteiger partial charge is 0.507 e. The number of nitrogen functional groups attached to an aromatic ring is 1. The van der Waals surface area contributed by atoms with E-state index in [0.29, 0.717) is 5.92 Å². The first-order chi connectivity index (χ1) is 9.10. The van der Waals surface area contributed by atoms with Gasteiger partial charge in [-0.15, -0.1) is 0 Å². The molecule has 6 N–H and O–H groups in total. The van der Waals surface area contributed by atoms with Gasteiger partial charge in [0.2, 0.25) is 0 Å². The molecule has 20 heavy (non-hydrogen) atoms. The Hall–Kier alpha value is -1.68. The molecule has 0 saturated carbocycles. The molecule has 1 rings (SSSR count). The van der Waals surface area contributed by atoms with Crippen LogP contribution in [0, 0.1) is 0 Å². The maximum atomic E-state index is 11.3. The number of carbonyl (C=O) groups excluding carboxylic acids is 1. The fourth-order valence-electron chi connectivity index (χ4n) is 1.36. The van der Waals surface area contributed by atoms with Crippen LogP contribution in [0.2, 0.25) is 0 Å². The van der Waals surface area contributed by atoms with E-state index in [4.69, 9.17) is 23.4 Å². The number of rotatable bonds is 3. The van der Waals surface area contributed by atoms with Crippen LogP contribution in [-0.4, -0.2) is 28.5 Å². The van der Waals surface area contributed by atoms with E-state index >= 15 is 0 Å². The molecule has 114 valence electrons. The zero-order valence-corrected chi connectivity index (χ0v) is 11.9. The fourth-order valence-corrected chi connectivity index (χ4v) is 1.36. The van der Waals surface area contributed by atoms with Crippen LogP contribution in [0.5, 0.6) is 5.75 Å². The van der Waals surface area contributed by atoms with Gasteiger partial charge in [-0.1, -0.05) is 19.9 Å². The van der Waals surface area contributed by atoms with E-state index < -0.39 is 16.3 Å². The topological polar surface area (TPSA) is 150 Å². The molecule has 9 heteroatoms. The second kappa shape index (κ2) is 7.80. The van der Waals surface area contributed by atoms with Crippen LogP contribution in [0.15, 0.2) is 18.2 Å². The van der Waals surface area contributed by atoms with E-state index in [2.05, 4.69) is 13.8 Å². The van der Waals surface area contributed by atoms with Crippen LogP contribution in [-0.2, 0) is 10.4 Å². The highest BCUT2D eigenvalue weighted by Crippen LogP contribution is 2.24. The molecule has 0 radical (unpaired) electrons. The van der Waals surface area contributed by atoms with Gasteiger partial charge in [0.15, 0.2) is 0 Å². The van der Waals surface area contributed by atoms with Gasteiger partial charge < -0.3 is 5.11 Å². The first kappa shape index (κ1) is 18.3. The molecule has 1 aromatic rings. The molecule has 0 aliphatic rings. The van der Waals surface area contributed by atoms with Crippen molar-refractivity contribution in [3.63, 3.8) is 0 Å². The van der Waals surface area contributed by atoms with Crippen LogP contribution in [0.1, 0.15) is 42.1 Å². The number of hydrogen-bond donors (Lipinski definition) is 5. The van der Waals surface area contributed by atoms with Crippen LogP contribution >= 0.6 is 0 Å². The van der Waals surface area contributed by atoms with Gasteiger partial charge in [0.25, 0.3) is 5.91 Å². The normalized spacial score (nSPS) is 12.1. The van der Waals surface area contributed by atoms with Crippen molar-refractivity contribution < 1.29 is 27.4 Å². The molecule has 1 atom stereocenters. The molecule has 0 bridgehead atoms. The number of phenolic OH excluding ortho intramolecular Hbond substituents is 1. The zero-order valence-electron chi connectivity index (χ0n) is 11.1. The number of phenols is 1. The number of carbonyl (C=O) groups is 1. The van der Waals surface area contributed by atoms with Gasteiger partial charge in [-0.05, 0) is 30.0 Å². The summed E-state index contributed by atoms with van der Waals surface area (Å²) in [5, 5.41) is 9.47. The monoisotopic (exact) mass is 306 g/mol. The van der Waals surface area contributed by atoms with Crippen molar-refractivity contribution in [2.24, 2.45) is 5.84 Å². The predicted octanol–water partition coefficient (Wildman–Crippen LogP) is 0.856. The van der Waals surface area contributed by atoms with Crippen molar-refractivity contribution >= 4 is 16.3 Å². The summed E-state index contributed by atoms with van der Waals surface area (Å²) in [4.78, 5) is 11.3. The number of benzene rings is 1. The maximum Gasteiger partial charge on any atom is 0.394 e. The predicted molar refractivity (Wildman–Crippen MR) is 72.6 cm³/mol. The minimum Gasteiger partial charge on any atom is -0.507 e. The lowest BCUT2D eigenvalue weighted by molar-refractivity contribution is 0.0951. The number of hydrogen-bond acceptors (Lipinski definition) is 5. The molecule has 0 saturated heterocycles. The van der Waals surface area contributed by atoms with E-state index in [1.54, 1.807) is 6.07 Å². The molecule has 1 unspecified atom stereocenters. The minimum atomic E-state index is -4.67.